The molecule has 3 fully saturated rings. The van der Waals surface area contributed by atoms with Crippen LogP contribution in [-0.2, 0) is 4.79 Å². The van der Waals surface area contributed by atoms with E-state index in [1.165, 1.54) is 6.42 Å². The molecule has 1 saturated carbocycles. The largest absolute Gasteiger partial charge is 0.352 e. The van der Waals surface area contributed by atoms with Gasteiger partial charge in [0.25, 0.3) is 0 Å². The molecule has 3 unspecified atom stereocenters. The molecule has 2 aliphatic heterocycles. The Morgan fingerprint density at radius 2 is 2.07 bits per heavy atom. The van der Waals surface area contributed by atoms with E-state index in [4.69, 9.17) is 0 Å². The number of hydrogen-bond donors (Lipinski definition) is 2. The second-order valence-corrected chi connectivity index (χ2v) is 5.83. The van der Waals surface area contributed by atoms with E-state index in [9.17, 15) is 4.79 Å². The fourth-order valence-electron chi connectivity index (χ4n) is 2.67. The molecule has 2 N–H and O–H groups in total. The molecular formula is C10H17ClN2OS. The smallest absolute Gasteiger partial charge is 0.233 e. The zero-order valence-corrected chi connectivity index (χ0v) is 10.2. The van der Waals surface area contributed by atoms with E-state index in [1.807, 2.05) is 11.8 Å². The molecule has 3 rings (SSSR count). The number of rotatable bonds is 2. The number of hydrogen-bond acceptors (Lipinski definition) is 3. The van der Waals surface area contributed by atoms with E-state index in [0.717, 1.165) is 37.1 Å². The number of fused-ring (bicyclic) bond motifs is 1. The maximum atomic E-state index is 11.8. The van der Waals surface area contributed by atoms with Crippen LogP contribution in [0.5, 0.6) is 0 Å². The summed E-state index contributed by atoms with van der Waals surface area (Å²) >= 11 is 1.82. The molecule has 5 heteroatoms. The van der Waals surface area contributed by atoms with Crippen molar-refractivity contribution in [1.29, 1.82) is 0 Å². The highest BCUT2D eigenvalue weighted by atomic mass is 35.5. The predicted molar refractivity (Wildman–Crippen MR) is 64.5 cm³/mol. The number of carbonyl (C=O) groups is 1. The molecule has 0 bridgehead atoms. The normalized spacial score (nSPS) is 41.9. The van der Waals surface area contributed by atoms with Gasteiger partial charge in [-0.15, -0.1) is 24.2 Å². The van der Waals surface area contributed by atoms with Crippen molar-refractivity contribution in [3.05, 3.63) is 0 Å². The van der Waals surface area contributed by atoms with Gasteiger partial charge in [-0.05, 0) is 30.4 Å². The first-order valence-electron chi connectivity index (χ1n) is 5.49. The van der Waals surface area contributed by atoms with Gasteiger partial charge in [-0.25, -0.2) is 0 Å². The van der Waals surface area contributed by atoms with E-state index >= 15 is 0 Å². The molecule has 3 nitrogen and oxygen atoms in total. The molecule has 3 atom stereocenters. The zero-order chi connectivity index (χ0) is 9.54. The molecule has 2 heterocycles. The lowest BCUT2D eigenvalue weighted by Gasteiger charge is -2.11. The van der Waals surface area contributed by atoms with Crippen molar-refractivity contribution in [2.24, 2.45) is 11.8 Å². The van der Waals surface area contributed by atoms with Crippen LogP contribution in [-0.4, -0.2) is 36.0 Å². The Hall–Kier alpha value is 0.0700. The molecular weight excluding hydrogens is 232 g/mol. The number of carbonyl (C=O) groups excluding carboxylic acids is 1. The summed E-state index contributed by atoms with van der Waals surface area (Å²) < 4.78 is 0. The Morgan fingerprint density at radius 1 is 1.33 bits per heavy atom. The van der Waals surface area contributed by atoms with E-state index in [0.29, 0.717) is 11.9 Å². The minimum absolute atomic E-state index is 0. The Balaban J connectivity index is 0.000000853. The average molecular weight is 249 g/mol. The molecule has 0 aromatic heterocycles. The highest BCUT2D eigenvalue weighted by molar-refractivity contribution is 8.00. The molecule has 3 aliphatic rings. The maximum Gasteiger partial charge on any atom is 0.233 e. The summed E-state index contributed by atoms with van der Waals surface area (Å²) in [6, 6.07) is 0.505. The van der Waals surface area contributed by atoms with Crippen LogP contribution < -0.4 is 10.6 Å². The molecule has 1 amide bonds. The summed E-state index contributed by atoms with van der Waals surface area (Å²) in [4.78, 5) is 11.8. The number of amides is 1. The fraction of sp³-hybridized carbons (Fsp3) is 0.900. The first kappa shape index (κ1) is 11.6. The fourth-order valence-corrected chi connectivity index (χ4v) is 3.84. The Bertz CT molecular complexity index is 248. The van der Waals surface area contributed by atoms with Gasteiger partial charge in [-0.2, -0.15) is 0 Å². The highest BCUT2D eigenvalue weighted by Gasteiger charge is 2.53. The molecule has 1 aliphatic carbocycles. The van der Waals surface area contributed by atoms with Gasteiger partial charge in [0.05, 0.1) is 5.25 Å². The lowest BCUT2D eigenvalue weighted by molar-refractivity contribution is -0.120. The van der Waals surface area contributed by atoms with E-state index in [-0.39, 0.29) is 17.7 Å². The van der Waals surface area contributed by atoms with Crippen LogP contribution in [0.25, 0.3) is 0 Å². The molecule has 86 valence electrons. The summed E-state index contributed by atoms with van der Waals surface area (Å²) in [7, 11) is 0. The monoisotopic (exact) mass is 248 g/mol. The van der Waals surface area contributed by atoms with Gasteiger partial charge in [0.1, 0.15) is 0 Å². The van der Waals surface area contributed by atoms with Gasteiger partial charge in [0, 0.05) is 19.1 Å². The second-order valence-electron chi connectivity index (χ2n) is 4.52. The van der Waals surface area contributed by atoms with Gasteiger partial charge in [0.2, 0.25) is 5.91 Å². The Morgan fingerprint density at radius 3 is 2.67 bits per heavy atom. The molecule has 0 aromatic rings. The summed E-state index contributed by atoms with van der Waals surface area (Å²) in [5, 5.41) is 6.79. The Labute approximate surface area is 101 Å². The lowest BCUT2D eigenvalue weighted by Crippen LogP contribution is -2.37. The quantitative estimate of drug-likeness (QED) is 0.754. The maximum absolute atomic E-state index is 11.8. The van der Waals surface area contributed by atoms with Crippen molar-refractivity contribution in [2.45, 2.75) is 24.1 Å². The number of thioether (sulfide) groups is 1. The van der Waals surface area contributed by atoms with Crippen LogP contribution in [0, 0.1) is 11.8 Å². The van der Waals surface area contributed by atoms with Gasteiger partial charge < -0.3 is 10.6 Å². The zero-order valence-electron chi connectivity index (χ0n) is 8.57. The number of halogens is 1. The van der Waals surface area contributed by atoms with E-state index in [2.05, 4.69) is 10.6 Å². The first-order valence-corrected chi connectivity index (χ1v) is 6.54. The van der Waals surface area contributed by atoms with Gasteiger partial charge in [0.15, 0.2) is 0 Å². The van der Waals surface area contributed by atoms with Crippen LogP contribution >= 0.6 is 24.2 Å². The minimum atomic E-state index is 0. The van der Waals surface area contributed by atoms with Crippen LogP contribution in [0.15, 0.2) is 0 Å². The third-order valence-electron chi connectivity index (χ3n) is 3.62. The predicted octanol–water partition coefficient (Wildman–Crippen LogP) is 0.638. The van der Waals surface area contributed by atoms with Gasteiger partial charge >= 0.3 is 0 Å². The van der Waals surface area contributed by atoms with Crippen molar-refractivity contribution in [2.75, 3.05) is 18.8 Å². The molecule has 0 radical (unpaired) electrons. The van der Waals surface area contributed by atoms with Crippen molar-refractivity contribution < 1.29 is 4.79 Å². The SMILES string of the molecule is Cl.O=C(NC1C2CNCC21)C1CCCS1. The summed E-state index contributed by atoms with van der Waals surface area (Å²) in [6.07, 6.45) is 2.29. The summed E-state index contributed by atoms with van der Waals surface area (Å²) in [5.41, 5.74) is 0. The summed E-state index contributed by atoms with van der Waals surface area (Å²) in [5.74, 6) is 2.94. The topological polar surface area (TPSA) is 41.1 Å². The van der Waals surface area contributed by atoms with Crippen molar-refractivity contribution in [3.8, 4) is 0 Å². The standard InChI is InChI=1S/C10H16N2OS.ClH/c13-10(8-2-1-3-14-8)12-9-6-4-11-5-7(6)9;/h6-9,11H,1-5H2,(H,12,13);1H. The third-order valence-corrected chi connectivity index (χ3v) is 5.00. The van der Waals surface area contributed by atoms with Crippen molar-refractivity contribution in [1.82, 2.24) is 10.6 Å². The molecule has 2 saturated heterocycles. The van der Waals surface area contributed by atoms with Crippen LogP contribution in [0.1, 0.15) is 12.8 Å². The van der Waals surface area contributed by atoms with Gasteiger partial charge in [-0.1, -0.05) is 0 Å². The summed E-state index contributed by atoms with van der Waals surface area (Å²) in [6.45, 7) is 2.21. The van der Waals surface area contributed by atoms with Crippen LogP contribution in [0.4, 0.5) is 0 Å². The number of piperidine rings is 1. The van der Waals surface area contributed by atoms with E-state index in [1.54, 1.807) is 0 Å². The van der Waals surface area contributed by atoms with Crippen molar-refractivity contribution >= 4 is 30.1 Å². The van der Waals surface area contributed by atoms with Crippen LogP contribution in [0.3, 0.4) is 0 Å². The van der Waals surface area contributed by atoms with E-state index < -0.39 is 0 Å². The third kappa shape index (κ3) is 2.12. The highest BCUT2D eigenvalue weighted by Crippen LogP contribution is 2.42. The lowest BCUT2D eigenvalue weighted by atomic mass is 10.2. The minimum Gasteiger partial charge on any atom is -0.352 e. The second kappa shape index (κ2) is 4.52. The molecule has 0 spiro atoms. The Kier molecular flexibility index (Phi) is 3.48. The molecule has 15 heavy (non-hydrogen) atoms. The first-order chi connectivity index (χ1) is 6.86. The molecule has 0 aromatic carbocycles. The van der Waals surface area contributed by atoms with Crippen molar-refractivity contribution in [3.63, 3.8) is 0 Å². The van der Waals surface area contributed by atoms with Crippen LogP contribution in [0.2, 0.25) is 0 Å². The number of nitrogens with one attached hydrogen (secondary N) is 2. The van der Waals surface area contributed by atoms with Gasteiger partial charge in [-0.3, -0.25) is 4.79 Å². The average Bonchev–Trinajstić information content (AvgIpc) is 2.75.